The first-order chi connectivity index (χ1) is 13.5. The van der Waals surface area contributed by atoms with Crippen LogP contribution >= 0.6 is 0 Å². The highest BCUT2D eigenvalue weighted by Gasteiger charge is 2.40. The molecule has 6 nitrogen and oxygen atoms in total. The molecule has 0 aliphatic rings. The first kappa shape index (κ1) is 20.7. The van der Waals surface area contributed by atoms with Crippen molar-refractivity contribution < 1.29 is 26.3 Å². The lowest BCUT2D eigenvalue weighted by molar-refractivity contribution is -0.143. The second-order valence-electron chi connectivity index (χ2n) is 6.30. The summed E-state index contributed by atoms with van der Waals surface area (Å²) in [4.78, 5) is -0.0870. The van der Waals surface area contributed by atoms with Gasteiger partial charge in [0.25, 0.3) is 10.0 Å². The van der Waals surface area contributed by atoms with E-state index >= 15 is 0 Å². The normalized spacial score (nSPS) is 12.1. The van der Waals surface area contributed by atoms with Crippen molar-refractivity contribution in [1.82, 2.24) is 9.78 Å². The van der Waals surface area contributed by atoms with Crippen LogP contribution in [0.15, 0.2) is 53.4 Å². The second kappa shape index (κ2) is 7.43. The number of rotatable bonds is 5. The van der Waals surface area contributed by atoms with Crippen molar-refractivity contribution >= 4 is 15.8 Å². The molecule has 0 saturated carbocycles. The number of nitrogens with zero attached hydrogens (tertiary/aromatic N) is 2. The number of halogens is 3. The van der Waals surface area contributed by atoms with Crippen LogP contribution in [0, 0.1) is 6.92 Å². The van der Waals surface area contributed by atoms with E-state index in [9.17, 15) is 21.6 Å². The number of hydrogen-bond acceptors (Lipinski definition) is 4. The lowest BCUT2D eigenvalue weighted by Crippen LogP contribution is -2.14. The van der Waals surface area contributed by atoms with Crippen molar-refractivity contribution in [2.45, 2.75) is 18.0 Å². The molecule has 0 aliphatic carbocycles. The molecule has 154 valence electrons. The average Bonchev–Trinajstić information content (AvgIpc) is 2.97. The van der Waals surface area contributed by atoms with Crippen LogP contribution in [0.4, 0.5) is 19.0 Å². The molecule has 2 aromatic carbocycles. The Kier molecular flexibility index (Phi) is 5.31. The number of methoxy groups -OCH3 is 1. The number of hydrogen-bond donors (Lipinski definition) is 1. The van der Waals surface area contributed by atoms with Gasteiger partial charge in [0, 0.05) is 7.05 Å². The maximum Gasteiger partial charge on any atom is 0.433 e. The van der Waals surface area contributed by atoms with Crippen LogP contribution in [0.3, 0.4) is 0 Å². The maximum atomic E-state index is 13.7. The Morgan fingerprint density at radius 2 is 1.76 bits per heavy atom. The molecule has 0 unspecified atom stereocenters. The van der Waals surface area contributed by atoms with Crippen molar-refractivity contribution in [3.05, 3.63) is 59.8 Å². The molecular formula is C19H18F3N3O3S. The monoisotopic (exact) mass is 425 g/mol. The van der Waals surface area contributed by atoms with E-state index in [2.05, 4.69) is 9.82 Å². The SMILES string of the molecule is COc1ccc(-c2c(NS(=O)(=O)c3ccccc3)nn(C)c2C(F)(F)F)cc1C. The fourth-order valence-corrected chi connectivity index (χ4v) is 4.04. The molecule has 0 amide bonds. The van der Waals surface area contributed by atoms with Crippen LogP contribution in [0.1, 0.15) is 11.3 Å². The smallest absolute Gasteiger partial charge is 0.433 e. The largest absolute Gasteiger partial charge is 0.496 e. The van der Waals surface area contributed by atoms with Crippen LogP contribution in [0.25, 0.3) is 11.1 Å². The van der Waals surface area contributed by atoms with Crippen LogP contribution in [-0.2, 0) is 23.2 Å². The zero-order valence-electron chi connectivity index (χ0n) is 15.8. The van der Waals surface area contributed by atoms with Gasteiger partial charge in [0.1, 0.15) is 5.75 Å². The number of benzene rings is 2. The van der Waals surface area contributed by atoms with E-state index in [1.165, 1.54) is 49.6 Å². The predicted molar refractivity (Wildman–Crippen MR) is 102 cm³/mol. The molecule has 0 fully saturated rings. The summed E-state index contributed by atoms with van der Waals surface area (Å²) >= 11 is 0. The summed E-state index contributed by atoms with van der Waals surface area (Å²) in [7, 11) is -1.57. The van der Waals surface area contributed by atoms with E-state index < -0.39 is 27.7 Å². The minimum absolute atomic E-state index is 0.0870. The molecule has 3 rings (SSSR count). The Morgan fingerprint density at radius 3 is 2.31 bits per heavy atom. The number of sulfonamides is 1. The molecule has 0 radical (unpaired) electrons. The van der Waals surface area contributed by atoms with E-state index in [-0.39, 0.29) is 16.0 Å². The van der Waals surface area contributed by atoms with Crippen LogP contribution in [0.5, 0.6) is 5.75 Å². The van der Waals surface area contributed by atoms with Gasteiger partial charge in [-0.25, -0.2) is 8.42 Å². The standard InChI is InChI=1S/C19H18F3N3O3S/c1-12-11-13(9-10-15(12)28-3)16-17(19(20,21)22)25(2)23-18(16)24-29(26,27)14-7-5-4-6-8-14/h4-11H,1-3H3,(H,23,24). The fraction of sp³-hybridized carbons (Fsp3) is 0.211. The summed E-state index contributed by atoms with van der Waals surface area (Å²) in [6.07, 6.45) is -4.75. The molecule has 0 aliphatic heterocycles. The maximum absolute atomic E-state index is 13.7. The van der Waals surface area contributed by atoms with Gasteiger partial charge in [0.2, 0.25) is 0 Å². The third kappa shape index (κ3) is 4.07. The molecule has 0 spiro atoms. The van der Waals surface area contributed by atoms with Crippen molar-refractivity contribution in [2.75, 3.05) is 11.8 Å². The fourth-order valence-electron chi connectivity index (χ4n) is 3.01. The first-order valence-corrected chi connectivity index (χ1v) is 9.90. The number of aryl methyl sites for hydroxylation is 2. The van der Waals surface area contributed by atoms with E-state index in [1.807, 2.05) is 0 Å². The second-order valence-corrected chi connectivity index (χ2v) is 7.98. The summed E-state index contributed by atoms with van der Waals surface area (Å²) in [5.41, 5.74) is -0.661. The van der Waals surface area contributed by atoms with Gasteiger partial charge in [0.05, 0.1) is 17.6 Å². The van der Waals surface area contributed by atoms with Crippen LogP contribution in [-0.4, -0.2) is 25.3 Å². The summed E-state index contributed by atoms with van der Waals surface area (Å²) in [5, 5.41) is 3.81. The number of ether oxygens (including phenoxy) is 1. The molecule has 1 aromatic heterocycles. The van der Waals surface area contributed by atoms with Gasteiger partial charge in [-0.15, -0.1) is 0 Å². The van der Waals surface area contributed by atoms with Crippen molar-refractivity contribution in [2.24, 2.45) is 7.05 Å². The third-order valence-electron chi connectivity index (χ3n) is 4.28. The Hall–Kier alpha value is -3.01. The molecule has 1 heterocycles. The summed E-state index contributed by atoms with van der Waals surface area (Å²) in [5.74, 6) is 0.0888. The summed E-state index contributed by atoms with van der Waals surface area (Å²) in [6, 6.07) is 11.8. The number of aromatic nitrogens is 2. The van der Waals surface area contributed by atoms with Gasteiger partial charge in [-0.05, 0) is 42.3 Å². The zero-order valence-corrected chi connectivity index (χ0v) is 16.6. The molecule has 0 saturated heterocycles. The number of anilines is 1. The molecule has 0 bridgehead atoms. The number of nitrogens with one attached hydrogen (secondary N) is 1. The lowest BCUT2D eigenvalue weighted by Gasteiger charge is -2.13. The molecular weight excluding hydrogens is 407 g/mol. The van der Waals surface area contributed by atoms with Gasteiger partial charge in [-0.3, -0.25) is 9.40 Å². The van der Waals surface area contributed by atoms with Gasteiger partial charge < -0.3 is 4.74 Å². The highest BCUT2D eigenvalue weighted by atomic mass is 32.2. The summed E-state index contributed by atoms with van der Waals surface area (Å²) < 4.78 is 74.5. The van der Waals surface area contributed by atoms with Gasteiger partial charge >= 0.3 is 6.18 Å². The average molecular weight is 425 g/mol. The van der Waals surface area contributed by atoms with Gasteiger partial charge in [0.15, 0.2) is 11.5 Å². The van der Waals surface area contributed by atoms with Gasteiger partial charge in [-0.2, -0.15) is 18.3 Å². The summed E-state index contributed by atoms with van der Waals surface area (Å²) in [6.45, 7) is 1.68. The molecule has 3 aromatic rings. The molecule has 0 atom stereocenters. The molecule has 10 heteroatoms. The van der Waals surface area contributed by atoms with Crippen molar-refractivity contribution in [3.63, 3.8) is 0 Å². The van der Waals surface area contributed by atoms with E-state index in [0.29, 0.717) is 16.0 Å². The van der Waals surface area contributed by atoms with E-state index in [4.69, 9.17) is 4.74 Å². The predicted octanol–water partition coefficient (Wildman–Crippen LogP) is 4.22. The molecule has 29 heavy (non-hydrogen) atoms. The quantitative estimate of drug-likeness (QED) is 0.664. The highest BCUT2D eigenvalue weighted by molar-refractivity contribution is 7.92. The Bertz CT molecular complexity index is 1140. The van der Waals surface area contributed by atoms with Crippen LogP contribution in [0.2, 0.25) is 0 Å². The van der Waals surface area contributed by atoms with Crippen LogP contribution < -0.4 is 9.46 Å². The Labute approximate surface area is 166 Å². The van der Waals surface area contributed by atoms with E-state index in [1.54, 1.807) is 13.0 Å². The number of alkyl halides is 3. The van der Waals surface area contributed by atoms with Gasteiger partial charge in [-0.1, -0.05) is 24.3 Å². The third-order valence-corrected chi connectivity index (χ3v) is 5.64. The topological polar surface area (TPSA) is 73.2 Å². The Balaban J connectivity index is 2.20. The van der Waals surface area contributed by atoms with Crippen molar-refractivity contribution in [3.8, 4) is 16.9 Å². The minimum atomic E-state index is -4.75. The minimum Gasteiger partial charge on any atom is -0.496 e. The lowest BCUT2D eigenvalue weighted by atomic mass is 10.0. The van der Waals surface area contributed by atoms with E-state index in [0.717, 1.165) is 7.05 Å². The van der Waals surface area contributed by atoms with Crippen molar-refractivity contribution in [1.29, 1.82) is 0 Å². The highest BCUT2D eigenvalue weighted by Crippen LogP contribution is 2.42. The Morgan fingerprint density at radius 1 is 1.10 bits per heavy atom. The molecule has 1 N–H and O–H groups in total. The zero-order chi connectivity index (χ0) is 21.4. The first-order valence-electron chi connectivity index (χ1n) is 8.41.